The summed E-state index contributed by atoms with van der Waals surface area (Å²) in [4.78, 5) is 38.6. The van der Waals surface area contributed by atoms with Gasteiger partial charge in [-0.05, 0) is 41.3 Å². The van der Waals surface area contributed by atoms with Crippen LogP contribution in [0.1, 0.15) is 20.8 Å². The molecule has 0 saturated carbocycles. The van der Waals surface area contributed by atoms with Gasteiger partial charge in [0, 0.05) is 23.6 Å². The van der Waals surface area contributed by atoms with E-state index in [1.165, 1.54) is 18.7 Å². The van der Waals surface area contributed by atoms with Gasteiger partial charge in [0.1, 0.15) is 11.4 Å². The number of hydrogen-bond donors (Lipinski definition) is 0. The molecular weight excluding hydrogens is 406 g/mol. The standard InChI is InChI=1S/C26H21NO5/c1-27-24(26(30)32-16-22(28)17-12-14-19(31-2)15-13-17)23(18-8-4-3-5-9-18)20-10-6-7-11-21(20)25(27)29/h3-15H,16H2,1-2H3. The third-order valence-electron chi connectivity index (χ3n) is 5.31. The van der Waals surface area contributed by atoms with Gasteiger partial charge in [-0.25, -0.2) is 4.79 Å². The SMILES string of the molecule is COc1ccc(C(=O)COC(=O)c2c(-c3ccccc3)c3ccccc3c(=O)n2C)cc1. The lowest BCUT2D eigenvalue weighted by Gasteiger charge is -2.16. The van der Waals surface area contributed by atoms with Crippen molar-refractivity contribution in [3.63, 3.8) is 0 Å². The second-order valence-electron chi connectivity index (χ2n) is 7.23. The Bertz CT molecular complexity index is 1360. The van der Waals surface area contributed by atoms with Crippen LogP contribution in [0.5, 0.6) is 5.75 Å². The maximum Gasteiger partial charge on any atom is 0.356 e. The first-order chi connectivity index (χ1) is 15.5. The number of fused-ring (bicyclic) bond motifs is 1. The predicted molar refractivity (Wildman–Crippen MR) is 122 cm³/mol. The molecule has 0 saturated heterocycles. The highest BCUT2D eigenvalue weighted by atomic mass is 16.5. The number of carbonyl (C=O) groups is 2. The van der Waals surface area contributed by atoms with Crippen LogP contribution in [0.2, 0.25) is 0 Å². The number of hydrogen-bond acceptors (Lipinski definition) is 5. The quantitative estimate of drug-likeness (QED) is 0.340. The summed E-state index contributed by atoms with van der Waals surface area (Å²) in [5, 5.41) is 1.15. The van der Waals surface area contributed by atoms with Gasteiger partial charge in [-0.15, -0.1) is 0 Å². The molecule has 0 atom stereocenters. The number of carbonyl (C=O) groups excluding carboxylic acids is 2. The van der Waals surface area contributed by atoms with Crippen molar-refractivity contribution in [1.82, 2.24) is 4.57 Å². The van der Waals surface area contributed by atoms with Crippen LogP contribution >= 0.6 is 0 Å². The summed E-state index contributed by atoms with van der Waals surface area (Å²) in [5.74, 6) is -0.471. The van der Waals surface area contributed by atoms with E-state index in [4.69, 9.17) is 9.47 Å². The molecule has 0 bridgehead atoms. The first kappa shape index (κ1) is 21.1. The van der Waals surface area contributed by atoms with Crippen LogP contribution in [-0.4, -0.2) is 30.0 Å². The molecule has 0 unspecified atom stereocenters. The monoisotopic (exact) mass is 427 g/mol. The number of ketones is 1. The van der Waals surface area contributed by atoms with Gasteiger partial charge in [0.2, 0.25) is 0 Å². The van der Waals surface area contributed by atoms with Gasteiger partial charge in [-0.3, -0.25) is 9.59 Å². The molecule has 3 aromatic carbocycles. The maximum atomic E-state index is 13.1. The van der Waals surface area contributed by atoms with E-state index in [9.17, 15) is 14.4 Å². The number of Topliss-reactive ketones (excluding diaryl/α,β-unsaturated/α-hetero) is 1. The van der Waals surface area contributed by atoms with Crippen molar-refractivity contribution in [3.05, 3.63) is 100 Å². The second-order valence-corrected chi connectivity index (χ2v) is 7.23. The van der Waals surface area contributed by atoms with Crippen LogP contribution in [0.25, 0.3) is 21.9 Å². The molecule has 0 aliphatic heterocycles. The number of aromatic nitrogens is 1. The topological polar surface area (TPSA) is 74.6 Å². The van der Waals surface area contributed by atoms with Gasteiger partial charge in [-0.1, -0.05) is 48.5 Å². The lowest BCUT2D eigenvalue weighted by Crippen LogP contribution is -2.27. The van der Waals surface area contributed by atoms with Crippen molar-refractivity contribution in [1.29, 1.82) is 0 Å². The molecule has 6 heteroatoms. The summed E-state index contributed by atoms with van der Waals surface area (Å²) >= 11 is 0. The molecule has 0 radical (unpaired) electrons. The molecule has 4 aromatic rings. The van der Waals surface area contributed by atoms with Crippen LogP contribution in [0, 0.1) is 0 Å². The maximum absolute atomic E-state index is 13.1. The van der Waals surface area contributed by atoms with E-state index in [1.54, 1.807) is 42.5 Å². The van der Waals surface area contributed by atoms with E-state index in [1.807, 2.05) is 36.4 Å². The zero-order valence-corrected chi connectivity index (χ0v) is 17.7. The average molecular weight is 427 g/mol. The highest BCUT2D eigenvalue weighted by molar-refractivity contribution is 6.07. The highest BCUT2D eigenvalue weighted by Crippen LogP contribution is 2.30. The normalized spacial score (nSPS) is 10.7. The van der Waals surface area contributed by atoms with Gasteiger partial charge >= 0.3 is 5.97 Å². The summed E-state index contributed by atoms with van der Waals surface area (Å²) in [7, 11) is 3.07. The van der Waals surface area contributed by atoms with E-state index >= 15 is 0 Å². The van der Waals surface area contributed by atoms with Crippen LogP contribution < -0.4 is 10.3 Å². The van der Waals surface area contributed by atoms with Gasteiger partial charge in [-0.2, -0.15) is 0 Å². The third kappa shape index (κ3) is 3.90. The lowest BCUT2D eigenvalue weighted by molar-refractivity contribution is 0.0465. The average Bonchev–Trinajstić information content (AvgIpc) is 2.85. The molecule has 0 spiro atoms. The van der Waals surface area contributed by atoms with Crippen LogP contribution in [0.3, 0.4) is 0 Å². The molecular formula is C26H21NO5. The van der Waals surface area contributed by atoms with Crippen molar-refractivity contribution in [3.8, 4) is 16.9 Å². The summed E-state index contributed by atoms with van der Waals surface area (Å²) in [6, 6.07) is 23.0. The Morgan fingerprint density at radius 2 is 1.47 bits per heavy atom. The summed E-state index contributed by atoms with van der Waals surface area (Å²) in [5.41, 5.74) is 1.54. The van der Waals surface area contributed by atoms with Gasteiger partial charge < -0.3 is 14.0 Å². The van der Waals surface area contributed by atoms with Crippen molar-refractivity contribution >= 4 is 22.5 Å². The van der Waals surface area contributed by atoms with Gasteiger partial charge in [0.05, 0.1) is 7.11 Å². The molecule has 160 valence electrons. The first-order valence-electron chi connectivity index (χ1n) is 10.0. The Kier molecular flexibility index (Phi) is 5.85. The number of pyridine rings is 1. The minimum Gasteiger partial charge on any atom is -0.497 e. The highest BCUT2D eigenvalue weighted by Gasteiger charge is 2.23. The van der Waals surface area contributed by atoms with E-state index in [2.05, 4.69) is 0 Å². The largest absolute Gasteiger partial charge is 0.497 e. The fraction of sp³-hybridized carbons (Fsp3) is 0.115. The summed E-state index contributed by atoms with van der Waals surface area (Å²) in [6.07, 6.45) is 0. The Hall–Kier alpha value is -4.19. The number of esters is 1. The Balaban J connectivity index is 1.73. The lowest BCUT2D eigenvalue weighted by atomic mass is 9.97. The minimum atomic E-state index is -0.740. The third-order valence-corrected chi connectivity index (χ3v) is 5.31. The van der Waals surface area contributed by atoms with Crippen LogP contribution in [-0.2, 0) is 11.8 Å². The Labute approximate surface area is 184 Å². The number of rotatable bonds is 6. The number of methoxy groups -OCH3 is 1. The zero-order chi connectivity index (χ0) is 22.7. The molecule has 4 rings (SSSR count). The molecule has 32 heavy (non-hydrogen) atoms. The first-order valence-corrected chi connectivity index (χ1v) is 10.0. The second kappa shape index (κ2) is 8.89. The van der Waals surface area contributed by atoms with E-state index in [0.29, 0.717) is 27.6 Å². The molecule has 0 aliphatic carbocycles. The van der Waals surface area contributed by atoms with E-state index in [0.717, 1.165) is 5.56 Å². The molecule has 6 nitrogen and oxygen atoms in total. The fourth-order valence-corrected chi connectivity index (χ4v) is 3.66. The van der Waals surface area contributed by atoms with Crippen LogP contribution in [0.15, 0.2) is 83.7 Å². The van der Waals surface area contributed by atoms with Gasteiger partial charge in [0.15, 0.2) is 12.4 Å². The van der Waals surface area contributed by atoms with E-state index in [-0.39, 0.29) is 17.0 Å². The number of ether oxygens (including phenoxy) is 2. The van der Waals surface area contributed by atoms with Crippen molar-refractivity contribution in [2.24, 2.45) is 7.05 Å². The number of benzene rings is 3. The van der Waals surface area contributed by atoms with Crippen molar-refractivity contribution in [2.75, 3.05) is 13.7 Å². The van der Waals surface area contributed by atoms with Gasteiger partial charge in [0.25, 0.3) is 5.56 Å². The van der Waals surface area contributed by atoms with E-state index < -0.39 is 12.6 Å². The van der Waals surface area contributed by atoms with Crippen molar-refractivity contribution < 1.29 is 19.1 Å². The molecule has 0 fully saturated rings. The minimum absolute atomic E-state index is 0.0995. The molecule has 0 amide bonds. The predicted octanol–water partition coefficient (Wildman–Crippen LogP) is 4.25. The Morgan fingerprint density at radius 3 is 2.12 bits per heavy atom. The number of nitrogens with zero attached hydrogens (tertiary/aromatic N) is 1. The van der Waals surface area contributed by atoms with Crippen LogP contribution in [0.4, 0.5) is 0 Å². The van der Waals surface area contributed by atoms with Crippen molar-refractivity contribution in [2.45, 2.75) is 0 Å². The molecule has 1 aromatic heterocycles. The zero-order valence-electron chi connectivity index (χ0n) is 17.7. The summed E-state index contributed by atoms with van der Waals surface area (Å²) in [6.45, 7) is -0.444. The summed E-state index contributed by atoms with van der Waals surface area (Å²) < 4.78 is 11.7. The molecule has 0 aliphatic rings. The Morgan fingerprint density at radius 1 is 0.844 bits per heavy atom. The smallest absolute Gasteiger partial charge is 0.356 e. The molecule has 0 N–H and O–H groups in total. The molecule has 1 heterocycles. The fourth-order valence-electron chi connectivity index (χ4n) is 3.66.